The number of rotatable bonds is 8. The number of nitrogens with zero attached hydrogens (tertiary/aromatic N) is 1. The van der Waals surface area contributed by atoms with Gasteiger partial charge >= 0.3 is 0 Å². The van der Waals surface area contributed by atoms with Crippen LogP contribution in [0.5, 0.6) is 0 Å². The molecule has 1 aromatic rings. The van der Waals surface area contributed by atoms with Crippen molar-refractivity contribution in [3.05, 3.63) is 23.5 Å². The summed E-state index contributed by atoms with van der Waals surface area (Å²) in [5.74, 6) is 0.762. The molecule has 3 heteroatoms. The Morgan fingerprint density at radius 2 is 2.05 bits per heavy atom. The molecule has 2 rings (SSSR count). The van der Waals surface area contributed by atoms with E-state index in [1.807, 2.05) is 6.20 Å². The second-order valence-corrected chi connectivity index (χ2v) is 5.70. The van der Waals surface area contributed by atoms with Gasteiger partial charge in [0.05, 0.1) is 0 Å². The summed E-state index contributed by atoms with van der Waals surface area (Å²) in [5, 5.41) is 7.19. The van der Waals surface area contributed by atoms with Gasteiger partial charge in [-0.25, -0.2) is 0 Å². The number of anilines is 1. The van der Waals surface area contributed by atoms with Gasteiger partial charge in [-0.3, -0.25) is 4.98 Å². The highest BCUT2D eigenvalue weighted by molar-refractivity contribution is 5.51. The van der Waals surface area contributed by atoms with Gasteiger partial charge in [-0.15, -0.1) is 0 Å². The van der Waals surface area contributed by atoms with Gasteiger partial charge in [0, 0.05) is 42.3 Å². The molecule has 1 fully saturated rings. The van der Waals surface area contributed by atoms with E-state index < -0.39 is 0 Å². The highest BCUT2D eigenvalue weighted by Crippen LogP contribution is 2.22. The van der Waals surface area contributed by atoms with Gasteiger partial charge in [-0.1, -0.05) is 26.7 Å². The number of hydrogen-bond acceptors (Lipinski definition) is 3. The molecule has 1 aliphatic carbocycles. The first-order valence-electron chi connectivity index (χ1n) is 7.65. The summed E-state index contributed by atoms with van der Waals surface area (Å²) in [5.41, 5.74) is 3.64. The second-order valence-electron chi connectivity index (χ2n) is 5.70. The summed E-state index contributed by atoms with van der Waals surface area (Å²) in [6.45, 7) is 8.59. The van der Waals surface area contributed by atoms with Gasteiger partial charge in [0.1, 0.15) is 0 Å². The summed E-state index contributed by atoms with van der Waals surface area (Å²) in [4.78, 5) is 4.43. The van der Waals surface area contributed by atoms with Crippen molar-refractivity contribution in [2.24, 2.45) is 5.92 Å². The molecule has 2 N–H and O–H groups in total. The maximum atomic E-state index is 4.43. The van der Waals surface area contributed by atoms with E-state index in [0.29, 0.717) is 0 Å². The SMILES string of the molecule is CCC(CC)CNc1cc(C)ncc1CNC1CC1. The van der Waals surface area contributed by atoms with E-state index in [2.05, 4.69) is 42.5 Å². The minimum absolute atomic E-state index is 0.744. The normalized spacial score (nSPS) is 14.9. The van der Waals surface area contributed by atoms with E-state index in [0.717, 1.165) is 30.7 Å². The lowest BCUT2D eigenvalue weighted by molar-refractivity contribution is 0.518. The lowest BCUT2D eigenvalue weighted by Gasteiger charge is -2.17. The number of nitrogens with one attached hydrogen (secondary N) is 2. The first-order chi connectivity index (χ1) is 9.22. The second kappa shape index (κ2) is 6.90. The average Bonchev–Trinajstić information content (AvgIpc) is 3.23. The molecule has 19 heavy (non-hydrogen) atoms. The molecule has 0 spiro atoms. The number of hydrogen-bond donors (Lipinski definition) is 2. The Morgan fingerprint density at radius 1 is 1.32 bits per heavy atom. The minimum atomic E-state index is 0.744. The summed E-state index contributed by atoms with van der Waals surface area (Å²) in [6.07, 6.45) is 7.15. The van der Waals surface area contributed by atoms with Crippen molar-refractivity contribution >= 4 is 5.69 Å². The molecule has 1 aliphatic rings. The van der Waals surface area contributed by atoms with Crippen molar-refractivity contribution in [2.75, 3.05) is 11.9 Å². The molecule has 0 unspecified atom stereocenters. The van der Waals surface area contributed by atoms with Crippen LogP contribution in [-0.2, 0) is 6.54 Å². The zero-order valence-electron chi connectivity index (χ0n) is 12.5. The first kappa shape index (κ1) is 14.3. The van der Waals surface area contributed by atoms with Gasteiger partial charge in [0.25, 0.3) is 0 Å². The standard InChI is InChI=1S/C16H27N3/c1-4-13(5-2)9-19-16-8-12(3)17-10-14(16)11-18-15-6-7-15/h8,10,13,15,18H,4-7,9,11H2,1-3H3,(H,17,19). The maximum absolute atomic E-state index is 4.43. The van der Waals surface area contributed by atoms with E-state index >= 15 is 0 Å². The summed E-state index contributed by atoms with van der Waals surface area (Å²) in [7, 11) is 0. The Bertz CT molecular complexity index is 395. The Kier molecular flexibility index (Phi) is 5.20. The van der Waals surface area contributed by atoms with Crippen LogP contribution >= 0.6 is 0 Å². The number of aryl methyl sites for hydroxylation is 1. The molecule has 0 amide bonds. The van der Waals surface area contributed by atoms with Crippen molar-refractivity contribution in [1.29, 1.82) is 0 Å². The van der Waals surface area contributed by atoms with Crippen LogP contribution in [0.15, 0.2) is 12.3 Å². The first-order valence-corrected chi connectivity index (χ1v) is 7.65. The molecule has 0 saturated heterocycles. The van der Waals surface area contributed by atoms with Gasteiger partial charge in [-0.05, 0) is 31.7 Å². The smallest absolute Gasteiger partial charge is 0.0419 e. The Balaban J connectivity index is 1.96. The number of pyridine rings is 1. The summed E-state index contributed by atoms with van der Waals surface area (Å²) < 4.78 is 0. The number of aromatic nitrogens is 1. The van der Waals surface area contributed by atoms with E-state index in [1.165, 1.54) is 36.9 Å². The molecule has 0 aliphatic heterocycles. The van der Waals surface area contributed by atoms with Crippen molar-refractivity contribution in [2.45, 2.75) is 59.0 Å². The minimum Gasteiger partial charge on any atom is -0.384 e. The van der Waals surface area contributed by atoms with Crippen LogP contribution in [0.1, 0.15) is 50.8 Å². The van der Waals surface area contributed by atoms with Crippen LogP contribution in [0.4, 0.5) is 5.69 Å². The summed E-state index contributed by atoms with van der Waals surface area (Å²) in [6, 6.07) is 2.92. The van der Waals surface area contributed by atoms with Gasteiger partial charge in [0.2, 0.25) is 0 Å². The Hall–Kier alpha value is -1.09. The third-order valence-corrected chi connectivity index (χ3v) is 4.02. The predicted octanol–water partition coefficient (Wildman–Crippen LogP) is 3.49. The van der Waals surface area contributed by atoms with Gasteiger partial charge in [-0.2, -0.15) is 0 Å². The molecule has 1 heterocycles. The van der Waals surface area contributed by atoms with Crippen LogP contribution in [0.25, 0.3) is 0 Å². The van der Waals surface area contributed by atoms with Crippen LogP contribution in [0.3, 0.4) is 0 Å². The highest BCUT2D eigenvalue weighted by atomic mass is 15.0. The summed E-state index contributed by atoms with van der Waals surface area (Å²) >= 11 is 0. The quantitative estimate of drug-likeness (QED) is 0.752. The van der Waals surface area contributed by atoms with Crippen LogP contribution in [0, 0.1) is 12.8 Å². The zero-order valence-corrected chi connectivity index (χ0v) is 12.5. The monoisotopic (exact) mass is 261 g/mol. The van der Waals surface area contributed by atoms with E-state index in [-0.39, 0.29) is 0 Å². The van der Waals surface area contributed by atoms with E-state index in [4.69, 9.17) is 0 Å². The molecule has 0 radical (unpaired) electrons. The molecule has 0 bridgehead atoms. The zero-order chi connectivity index (χ0) is 13.7. The highest BCUT2D eigenvalue weighted by Gasteiger charge is 2.20. The molecular weight excluding hydrogens is 234 g/mol. The molecule has 106 valence electrons. The predicted molar refractivity (Wildman–Crippen MR) is 81.4 cm³/mol. The maximum Gasteiger partial charge on any atom is 0.0419 e. The van der Waals surface area contributed by atoms with Crippen LogP contribution in [-0.4, -0.2) is 17.6 Å². The van der Waals surface area contributed by atoms with Crippen LogP contribution in [0.2, 0.25) is 0 Å². The van der Waals surface area contributed by atoms with Crippen molar-refractivity contribution in [3.63, 3.8) is 0 Å². The fourth-order valence-electron chi connectivity index (χ4n) is 2.27. The van der Waals surface area contributed by atoms with Crippen molar-refractivity contribution in [3.8, 4) is 0 Å². The average molecular weight is 261 g/mol. The Morgan fingerprint density at radius 3 is 2.68 bits per heavy atom. The van der Waals surface area contributed by atoms with Crippen molar-refractivity contribution in [1.82, 2.24) is 10.3 Å². The third kappa shape index (κ3) is 4.50. The molecule has 1 saturated carbocycles. The fourth-order valence-corrected chi connectivity index (χ4v) is 2.27. The molecular formula is C16H27N3. The Labute approximate surface area is 117 Å². The van der Waals surface area contributed by atoms with E-state index in [1.54, 1.807) is 0 Å². The molecule has 3 nitrogen and oxygen atoms in total. The topological polar surface area (TPSA) is 37.0 Å². The van der Waals surface area contributed by atoms with Gasteiger partial charge in [0.15, 0.2) is 0 Å². The third-order valence-electron chi connectivity index (χ3n) is 4.02. The fraction of sp³-hybridized carbons (Fsp3) is 0.688. The van der Waals surface area contributed by atoms with E-state index in [9.17, 15) is 0 Å². The molecule has 0 atom stereocenters. The molecule has 0 aromatic carbocycles. The lowest BCUT2D eigenvalue weighted by atomic mass is 10.0. The largest absolute Gasteiger partial charge is 0.384 e. The van der Waals surface area contributed by atoms with Crippen molar-refractivity contribution < 1.29 is 0 Å². The van der Waals surface area contributed by atoms with Crippen LogP contribution < -0.4 is 10.6 Å². The van der Waals surface area contributed by atoms with Gasteiger partial charge < -0.3 is 10.6 Å². The molecule has 1 aromatic heterocycles. The lowest BCUT2D eigenvalue weighted by Crippen LogP contribution is -2.19.